The first-order valence-electron chi connectivity index (χ1n) is 11.4. The fourth-order valence-corrected chi connectivity index (χ4v) is 6.33. The van der Waals surface area contributed by atoms with Crippen LogP contribution in [0.25, 0.3) is 10.2 Å². The third-order valence-corrected chi connectivity index (χ3v) is 8.03. The van der Waals surface area contributed by atoms with Crippen LogP contribution in [0.2, 0.25) is 0 Å². The van der Waals surface area contributed by atoms with Crippen LogP contribution in [-0.2, 0) is 19.3 Å². The van der Waals surface area contributed by atoms with Gasteiger partial charge in [0.2, 0.25) is 5.88 Å². The molecule has 2 aromatic heterocycles. The second kappa shape index (κ2) is 9.03. The molecule has 3 aromatic rings. The number of benzene rings is 1. The molecule has 0 unspecified atom stereocenters. The van der Waals surface area contributed by atoms with Crippen LogP contribution in [0.4, 0.5) is 0 Å². The highest BCUT2D eigenvalue weighted by atomic mass is 32.1. The van der Waals surface area contributed by atoms with Crippen LogP contribution in [-0.4, -0.2) is 40.6 Å². The molecule has 0 radical (unpaired) electrons. The van der Waals surface area contributed by atoms with Gasteiger partial charge in [-0.2, -0.15) is 0 Å². The third kappa shape index (κ3) is 4.23. The van der Waals surface area contributed by atoms with E-state index in [-0.39, 0.29) is 6.10 Å². The lowest BCUT2D eigenvalue weighted by Gasteiger charge is -2.34. The van der Waals surface area contributed by atoms with Crippen LogP contribution in [0.3, 0.4) is 0 Å². The summed E-state index contributed by atoms with van der Waals surface area (Å²) in [6.07, 6.45) is 12.6. The van der Waals surface area contributed by atoms with Crippen molar-refractivity contribution in [1.29, 1.82) is 0 Å². The van der Waals surface area contributed by atoms with Gasteiger partial charge in [0.05, 0.1) is 5.39 Å². The van der Waals surface area contributed by atoms with E-state index < -0.39 is 0 Å². The maximum atomic E-state index is 6.46. The van der Waals surface area contributed by atoms with Gasteiger partial charge in [0, 0.05) is 10.9 Å². The highest BCUT2D eigenvalue weighted by Gasteiger charge is 2.27. The van der Waals surface area contributed by atoms with Crippen molar-refractivity contribution in [3.05, 3.63) is 52.7 Å². The molecule has 1 saturated carbocycles. The van der Waals surface area contributed by atoms with Crippen LogP contribution < -0.4 is 4.74 Å². The molecule has 4 nitrogen and oxygen atoms in total. The Bertz CT molecular complexity index is 979. The van der Waals surface area contributed by atoms with E-state index in [1.165, 1.54) is 60.0 Å². The molecule has 0 aliphatic heterocycles. The summed E-state index contributed by atoms with van der Waals surface area (Å²) >= 11 is 1.84. The summed E-state index contributed by atoms with van der Waals surface area (Å²) in [5, 5.41) is 1.20. The van der Waals surface area contributed by atoms with Crippen molar-refractivity contribution in [2.75, 3.05) is 13.6 Å². The molecular formula is C25H31N3OS. The molecule has 5 rings (SSSR count). The summed E-state index contributed by atoms with van der Waals surface area (Å²) in [6.45, 7) is 1.17. The zero-order valence-corrected chi connectivity index (χ0v) is 18.7. The molecule has 0 atom stereocenters. The molecule has 2 aliphatic carbocycles. The first-order valence-corrected chi connectivity index (χ1v) is 12.3. The first kappa shape index (κ1) is 20.0. The van der Waals surface area contributed by atoms with Crippen LogP contribution in [0.5, 0.6) is 5.88 Å². The predicted octanol–water partition coefficient (Wildman–Crippen LogP) is 5.43. The second-order valence-corrected chi connectivity index (χ2v) is 9.92. The van der Waals surface area contributed by atoms with E-state index in [9.17, 15) is 0 Å². The SMILES string of the molecule is CN(CCCc1ccccc1)C1CCC(Oc2ncnc3sc4c(c23)CCC4)CC1. The normalized spacial score (nSPS) is 21.3. The minimum Gasteiger partial charge on any atom is -0.474 e. The lowest BCUT2D eigenvalue weighted by molar-refractivity contribution is 0.0981. The van der Waals surface area contributed by atoms with Crippen molar-refractivity contribution in [2.45, 2.75) is 69.9 Å². The molecule has 30 heavy (non-hydrogen) atoms. The highest BCUT2D eigenvalue weighted by molar-refractivity contribution is 7.18. The maximum Gasteiger partial charge on any atom is 0.225 e. The number of aromatic nitrogens is 2. The summed E-state index contributed by atoms with van der Waals surface area (Å²) in [6, 6.07) is 11.5. The Morgan fingerprint density at radius 1 is 1.07 bits per heavy atom. The van der Waals surface area contributed by atoms with Crippen molar-refractivity contribution in [3.63, 3.8) is 0 Å². The van der Waals surface area contributed by atoms with E-state index in [1.807, 2.05) is 11.3 Å². The Hall–Kier alpha value is -1.98. The lowest BCUT2D eigenvalue weighted by atomic mass is 9.92. The van der Waals surface area contributed by atoms with Gasteiger partial charge in [-0.3, -0.25) is 0 Å². The topological polar surface area (TPSA) is 38.2 Å². The number of nitrogens with zero attached hydrogens (tertiary/aromatic N) is 3. The smallest absolute Gasteiger partial charge is 0.225 e. The molecule has 0 spiro atoms. The standard InChI is InChI=1S/C25H31N3OS/c1-28(16-6-9-18-7-3-2-4-8-18)19-12-14-20(15-13-19)29-24-23-21-10-5-11-22(21)30-25(23)27-17-26-24/h2-4,7-8,17,19-20H,5-6,9-16H2,1H3. The molecule has 2 aliphatic rings. The summed E-state index contributed by atoms with van der Waals surface area (Å²) < 4.78 is 6.46. The zero-order chi connectivity index (χ0) is 20.3. The van der Waals surface area contributed by atoms with Crippen LogP contribution in [0, 0.1) is 0 Å². The average Bonchev–Trinajstić information content (AvgIpc) is 3.36. The van der Waals surface area contributed by atoms with Crippen molar-refractivity contribution in [2.24, 2.45) is 0 Å². The van der Waals surface area contributed by atoms with Gasteiger partial charge in [-0.25, -0.2) is 9.97 Å². The minimum atomic E-state index is 0.286. The third-order valence-electron chi connectivity index (χ3n) is 6.83. The molecule has 0 saturated heterocycles. The first-order chi connectivity index (χ1) is 14.8. The molecular weight excluding hydrogens is 390 g/mol. The zero-order valence-electron chi connectivity index (χ0n) is 17.8. The second-order valence-electron chi connectivity index (χ2n) is 8.83. The van der Waals surface area contributed by atoms with Gasteiger partial charge in [0.15, 0.2) is 0 Å². The summed E-state index contributed by atoms with van der Waals surface area (Å²) in [4.78, 5) is 14.2. The maximum absolute atomic E-state index is 6.46. The Labute approximate surface area is 183 Å². The molecule has 1 aromatic carbocycles. The van der Waals surface area contributed by atoms with Crippen molar-refractivity contribution in [1.82, 2.24) is 14.9 Å². The molecule has 1 fully saturated rings. The molecule has 2 heterocycles. The fourth-order valence-electron chi connectivity index (χ4n) is 5.11. The predicted molar refractivity (Wildman–Crippen MR) is 124 cm³/mol. The average molecular weight is 422 g/mol. The molecule has 5 heteroatoms. The molecule has 158 valence electrons. The van der Waals surface area contributed by atoms with Crippen molar-refractivity contribution >= 4 is 21.6 Å². The number of rotatable bonds is 7. The number of hydrogen-bond donors (Lipinski definition) is 0. The quantitative estimate of drug-likeness (QED) is 0.509. The van der Waals surface area contributed by atoms with E-state index in [0.717, 1.165) is 36.4 Å². The number of ether oxygens (including phenoxy) is 1. The highest BCUT2D eigenvalue weighted by Crippen LogP contribution is 2.40. The van der Waals surface area contributed by atoms with Crippen LogP contribution >= 0.6 is 11.3 Å². The minimum absolute atomic E-state index is 0.286. The molecule has 0 bridgehead atoms. The molecule has 0 amide bonds. The Morgan fingerprint density at radius 3 is 2.73 bits per heavy atom. The summed E-state index contributed by atoms with van der Waals surface area (Å²) in [7, 11) is 2.29. The number of hydrogen-bond acceptors (Lipinski definition) is 5. The Balaban J connectivity index is 1.14. The van der Waals surface area contributed by atoms with E-state index in [0.29, 0.717) is 6.04 Å². The Morgan fingerprint density at radius 2 is 1.90 bits per heavy atom. The Kier molecular flexibility index (Phi) is 6.00. The number of aryl methyl sites for hydroxylation is 3. The largest absolute Gasteiger partial charge is 0.474 e. The fraction of sp³-hybridized carbons (Fsp3) is 0.520. The van der Waals surface area contributed by atoms with E-state index in [4.69, 9.17) is 4.74 Å². The monoisotopic (exact) mass is 421 g/mol. The van der Waals surface area contributed by atoms with E-state index in [2.05, 4.69) is 52.2 Å². The summed E-state index contributed by atoms with van der Waals surface area (Å²) in [5.41, 5.74) is 2.90. The van der Waals surface area contributed by atoms with Crippen molar-refractivity contribution in [3.8, 4) is 5.88 Å². The van der Waals surface area contributed by atoms with Gasteiger partial charge >= 0.3 is 0 Å². The van der Waals surface area contributed by atoms with Gasteiger partial charge in [-0.05, 0) is 82.5 Å². The van der Waals surface area contributed by atoms with E-state index in [1.54, 1.807) is 6.33 Å². The van der Waals surface area contributed by atoms with E-state index >= 15 is 0 Å². The number of thiophene rings is 1. The summed E-state index contributed by atoms with van der Waals surface area (Å²) in [5.74, 6) is 0.832. The van der Waals surface area contributed by atoms with Gasteiger partial charge in [-0.1, -0.05) is 30.3 Å². The number of fused-ring (bicyclic) bond motifs is 3. The lowest BCUT2D eigenvalue weighted by Crippen LogP contribution is -2.38. The van der Waals surface area contributed by atoms with Gasteiger partial charge < -0.3 is 9.64 Å². The van der Waals surface area contributed by atoms with Crippen LogP contribution in [0.1, 0.15) is 54.5 Å². The van der Waals surface area contributed by atoms with Crippen molar-refractivity contribution < 1.29 is 4.74 Å². The van der Waals surface area contributed by atoms with Crippen LogP contribution in [0.15, 0.2) is 36.7 Å². The van der Waals surface area contributed by atoms with Gasteiger partial charge in [-0.15, -0.1) is 11.3 Å². The van der Waals surface area contributed by atoms with Gasteiger partial charge in [0.1, 0.15) is 17.3 Å². The van der Waals surface area contributed by atoms with Gasteiger partial charge in [0.25, 0.3) is 0 Å². The molecule has 0 N–H and O–H groups in total.